The van der Waals surface area contributed by atoms with Crippen molar-refractivity contribution in [2.24, 2.45) is 4.99 Å². The van der Waals surface area contributed by atoms with E-state index in [-0.39, 0.29) is 24.0 Å². The van der Waals surface area contributed by atoms with Crippen LogP contribution in [0.15, 0.2) is 10.4 Å². The number of thiazole rings is 1. The van der Waals surface area contributed by atoms with Gasteiger partial charge in [-0.3, -0.25) is 4.99 Å². The zero-order chi connectivity index (χ0) is 17.7. The molecule has 0 bridgehead atoms. The fraction of sp³-hybridized carbons (Fsp3) is 0.789. The number of halogens is 1. The van der Waals surface area contributed by atoms with E-state index in [0.29, 0.717) is 6.10 Å². The zero-order valence-corrected chi connectivity index (χ0v) is 19.4. The van der Waals surface area contributed by atoms with Gasteiger partial charge < -0.3 is 15.4 Å². The molecule has 0 amide bonds. The number of hydrogen-bond acceptors (Lipinski definition) is 4. The first-order valence-electron chi connectivity index (χ1n) is 9.75. The standard InChI is InChI=1S/C19H34N4OS.HI/c1-16-15-25-18(23-16)11-7-8-12-21-19(20-2)22-13-14-24-17-9-5-3-4-6-10-17;/h15,17H,3-14H2,1-2H3,(H2,20,21,22);1H. The van der Waals surface area contributed by atoms with Gasteiger partial charge in [0.05, 0.1) is 17.7 Å². The molecule has 0 aliphatic heterocycles. The number of guanidine groups is 1. The Hall–Kier alpha value is -0.410. The van der Waals surface area contributed by atoms with Crippen molar-refractivity contribution >= 4 is 41.3 Å². The summed E-state index contributed by atoms with van der Waals surface area (Å²) in [7, 11) is 1.82. The van der Waals surface area contributed by atoms with Crippen molar-refractivity contribution in [3.05, 3.63) is 16.1 Å². The van der Waals surface area contributed by atoms with Gasteiger partial charge in [0.25, 0.3) is 0 Å². The van der Waals surface area contributed by atoms with Crippen LogP contribution in [-0.2, 0) is 11.2 Å². The summed E-state index contributed by atoms with van der Waals surface area (Å²) in [6.45, 7) is 4.56. The second-order valence-electron chi connectivity index (χ2n) is 6.75. The maximum atomic E-state index is 6.00. The third kappa shape index (κ3) is 10.1. The predicted octanol–water partition coefficient (Wildman–Crippen LogP) is 4.30. The number of hydrogen-bond donors (Lipinski definition) is 2. The Bertz CT molecular complexity index is 501. The molecule has 1 aromatic heterocycles. The first kappa shape index (κ1) is 23.6. The van der Waals surface area contributed by atoms with E-state index in [1.54, 1.807) is 11.3 Å². The molecule has 150 valence electrons. The van der Waals surface area contributed by atoms with Crippen molar-refractivity contribution in [3.8, 4) is 0 Å². The summed E-state index contributed by atoms with van der Waals surface area (Å²) >= 11 is 1.76. The lowest BCUT2D eigenvalue weighted by Gasteiger charge is -2.16. The molecule has 0 aromatic carbocycles. The minimum Gasteiger partial charge on any atom is -0.376 e. The summed E-state index contributed by atoms with van der Waals surface area (Å²) in [5.74, 6) is 0.870. The largest absolute Gasteiger partial charge is 0.376 e. The minimum atomic E-state index is 0. The number of ether oxygens (including phenoxy) is 1. The molecule has 0 spiro atoms. The highest BCUT2D eigenvalue weighted by Gasteiger charge is 2.12. The lowest BCUT2D eigenvalue weighted by atomic mass is 10.1. The van der Waals surface area contributed by atoms with Crippen LogP contribution in [0.25, 0.3) is 0 Å². The van der Waals surface area contributed by atoms with Gasteiger partial charge in [-0.05, 0) is 39.0 Å². The van der Waals surface area contributed by atoms with Crippen molar-refractivity contribution in [1.82, 2.24) is 15.6 Å². The molecule has 1 aromatic rings. The van der Waals surface area contributed by atoms with Crippen molar-refractivity contribution < 1.29 is 4.74 Å². The van der Waals surface area contributed by atoms with Crippen LogP contribution in [0.1, 0.15) is 62.1 Å². The van der Waals surface area contributed by atoms with E-state index < -0.39 is 0 Å². The molecule has 2 N–H and O–H groups in total. The van der Waals surface area contributed by atoms with E-state index in [4.69, 9.17) is 4.74 Å². The second kappa shape index (κ2) is 14.6. The van der Waals surface area contributed by atoms with E-state index >= 15 is 0 Å². The van der Waals surface area contributed by atoms with Gasteiger partial charge in [0.1, 0.15) is 0 Å². The highest BCUT2D eigenvalue weighted by atomic mass is 127. The topological polar surface area (TPSA) is 58.5 Å². The molecular weight excluding hydrogens is 459 g/mol. The number of unbranched alkanes of at least 4 members (excludes halogenated alkanes) is 1. The van der Waals surface area contributed by atoms with Gasteiger partial charge in [-0.2, -0.15) is 0 Å². The molecule has 1 aliphatic carbocycles. The molecular formula is C19H35IN4OS. The normalized spacial score (nSPS) is 16.0. The maximum Gasteiger partial charge on any atom is 0.191 e. The Kier molecular flexibility index (Phi) is 13.3. The average molecular weight is 494 g/mol. The highest BCUT2D eigenvalue weighted by molar-refractivity contribution is 14.0. The van der Waals surface area contributed by atoms with Crippen LogP contribution >= 0.6 is 35.3 Å². The SMILES string of the molecule is CN=C(NCCCCc1nc(C)cs1)NCCOC1CCCCCC1.I. The Balaban J connectivity index is 0.00000338. The predicted molar refractivity (Wildman–Crippen MR) is 122 cm³/mol. The van der Waals surface area contributed by atoms with Gasteiger partial charge in [0.2, 0.25) is 0 Å². The van der Waals surface area contributed by atoms with Crippen LogP contribution in [0, 0.1) is 6.92 Å². The van der Waals surface area contributed by atoms with Gasteiger partial charge in [0.15, 0.2) is 5.96 Å². The van der Waals surface area contributed by atoms with Gasteiger partial charge >= 0.3 is 0 Å². The fourth-order valence-corrected chi connectivity index (χ4v) is 3.97. The molecule has 7 heteroatoms. The Labute approximate surface area is 179 Å². The number of rotatable bonds is 9. The molecule has 0 saturated heterocycles. The Morgan fingerprint density at radius 2 is 1.92 bits per heavy atom. The van der Waals surface area contributed by atoms with Crippen molar-refractivity contribution in [1.29, 1.82) is 0 Å². The quantitative estimate of drug-likeness (QED) is 0.177. The summed E-state index contributed by atoms with van der Waals surface area (Å²) in [5.41, 5.74) is 1.13. The molecule has 1 saturated carbocycles. The van der Waals surface area contributed by atoms with Gasteiger partial charge in [-0.1, -0.05) is 25.7 Å². The fourth-order valence-electron chi connectivity index (χ4n) is 3.15. The number of aliphatic imine (C=N–C) groups is 1. The van der Waals surface area contributed by atoms with E-state index in [1.807, 2.05) is 7.05 Å². The Morgan fingerprint density at radius 3 is 2.58 bits per heavy atom. The molecule has 0 atom stereocenters. The molecule has 1 heterocycles. The van der Waals surface area contributed by atoms with Gasteiger partial charge in [-0.15, -0.1) is 35.3 Å². The van der Waals surface area contributed by atoms with Gasteiger partial charge in [-0.25, -0.2) is 4.98 Å². The lowest BCUT2D eigenvalue weighted by molar-refractivity contribution is 0.0468. The van der Waals surface area contributed by atoms with Crippen LogP contribution < -0.4 is 10.6 Å². The molecule has 0 unspecified atom stereocenters. The number of aryl methyl sites for hydroxylation is 2. The van der Waals surface area contributed by atoms with Crippen LogP contribution in [-0.4, -0.2) is 43.8 Å². The zero-order valence-electron chi connectivity index (χ0n) is 16.3. The summed E-state index contributed by atoms with van der Waals surface area (Å²) in [4.78, 5) is 8.78. The van der Waals surface area contributed by atoms with E-state index in [1.165, 1.54) is 43.5 Å². The first-order valence-corrected chi connectivity index (χ1v) is 10.6. The monoisotopic (exact) mass is 494 g/mol. The summed E-state index contributed by atoms with van der Waals surface area (Å²) in [6.07, 6.45) is 11.7. The van der Waals surface area contributed by atoms with Crippen molar-refractivity contribution in [3.63, 3.8) is 0 Å². The summed E-state index contributed by atoms with van der Waals surface area (Å²) < 4.78 is 6.00. The number of nitrogens with one attached hydrogen (secondary N) is 2. The molecule has 1 fully saturated rings. The molecule has 1 aliphatic rings. The molecule has 0 radical (unpaired) electrons. The average Bonchev–Trinajstić information content (AvgIpc) is 2.86. The van der Waals surface area contributed by atoms with Crippen LogP contribution in [0.5, 0.6) is 0 Å². The van der Waals surface area contributed by atoms with Crippen molar-refractivity contribution in [2.75, 3.05) is 26.7 Å². The molecule has 26 heavy (non-hydrogen) atoms. The first-order chi connectivity index (χ1) is 12.3. The second-order valence-corrected chi connectivity index (χ2v) is 7.69. The smallest absolute Gasteiger partial charge is 0.191 e. The highest BCUT2D eigenvalue weighted by Crippen LogP contribution is 2.19. The van der Waals surface area contributed by atoms with Crippen molar-refractivity contribution in [2.45, 2.75) is 70.8 Å². The molecule has 5 nitrogen and oxygen atoms in total. The van der Waals surface area contributed by atoms with E-state index in [9.17, 15) is 0 Å². The van der Waals surface area contributed by atoms with Crippen LogP contribution in [0.4, 0.5) is 0 Å². The molecule has 2 rings (SSSR count). The lowest BCUT2D eigenvalue weighted by Crippen LogP contribution is -2.39. The van der Waals surface area contributed by atoms with Crippen LogP contribution in [0.3, 0.4) is 0 Å². The number of aromatic nitrogens is 1. The third-order valence-electron chi connectivity index (χ3n) is 4.55. The van der Waals surface area contributed by atoms with Gasteiger partial charge in [0, 0.05) is 31.2 Å². The van der Waals surface area contributed by atoms with E-state index in [0.717, 1.165) is 50.6 Å². The maximum absolute atomic E-state index is 6.00. The number of nitrogens with zero attached hydrogens (tertiary/aromatic N) is 2. The summed E-state index contributed by atoms with van der Waals surface area (Å²) in [6, 6.07) is 0. The Morgan fingerprint density at radius 1 is 1.19 bits per heavy atom. The van der Waals surface area contributed by atoms with E-state index in [2.05, 4.69) is 32.9 Å². The van der Waals surface area contributed by atoms with Crippen LogP contribution in [0.2, 0.25) is 0 Å². The minimum absolute atomic E-state index is 0. The third-order valence-corrected chi connectivity index (χ3v) is 5.58. The summed E-state index contributed by atoms with van der Waals surface area (Å²) in [5, 5.41) is 10.1.